The number of nitrogens with one attached hydrogen (secondary N) is 2. The topological polar surface area (TPSA) is 79.5 Å². The van der Waals surface area contributed by atoms with Crippen molar-refractivity contribution >= 4 is 47.4 Å². The lowest BCUT2D eigenvalue weighted by Crippen LogP contribution is -2.36. The maximum absolute atomic E-state index is 11.2. The number of carbonyl (C=O) groups is 1. The molecule has 0 fully saturated rings. The third-order valence-corrected chi connectivity index (χ3v) is 3.56. The van der Waals surface area contributed by atoms with Crippen LogP contribution in [0, 0.1) is 0 Å². The molecular formula is C18H22ClIN4O. The number of rotatable bonds is 6. The largest absolute Gasteiger partial charge is 0.366 e. The molecule has 25 heavy (non-hydrogen) atoms. The number of carbonyl (C=O) groups excluding carboxylic acids is 1. The van der Waals surface area contributed by atoms with Gasteiger partial charge in [0.05, 0.1) is 6.54 Å². The summed E-state index contributed by atoms with van der Waals surface area (Å²) in [5.74, 6) is 0.264. The molecule has 0 radical (unpaired) electrons. The number of aliphatic imine (C=N–C) groups is 1. The molecule has 2 aromatic rings. The number of hydrogen-bond acceptors (Lipinski definition) is 2. The van der Waals surface area contributed by atoms with Crippen LogP contribution in [0.5, 0.6) is 0 Å². The Morgan fingerprint density at radius 2 is 1.84 bits per heavy atom. The van der Waals surface area contributed by atoms with Gasteiger partial charge < -0.3 is 16.4 Å². The predicted octanol–water partition coefficient (Wildman–Crippen LogP) is 3.31. The van der Waals surface area contributed by atoms with Crippen LogP contribution in [-0.4, -0.2) is 18.4 Å². The normalized spacial score (nSPS) is 10.7. The highest BCUT2D eigenvalue weighted by molar-refractivity contribution is 14.0. The zero-order valence-electron chi connectivity index (χ0n) is 14.0. The number of nitrogens with zero attached hydrogens (tertiary/aromatic N) is 1. The summed E-state index contributed by atoms with van der Waals surface area (Å²) in [4.78, 5) is 15.8. The van der Waals surface area contributed by atoms with Crippen LogP contribution in [-0.2, 0) is 13.1 Å². The van der Waals surface area contributed by atoms with E-state index in [0.29, 0.717) is 29.6 Å². The van der Waals surface area contributed by atoms with Gasteiger partial charge in [-0.3, -0.25) is 4.79 Å². The van der Waals surface area contributed by atoms with E-state index in [1.165, 1.54) is 0 Å². The van der Waals surface area contributed by atoms with E-state index in [-0.39, 0.29) is 24.0 Å². The fourth-order valence-corrected chi connectivity index (χ4v) is 2.38. The fraction of sp³-hybridized carbons (Fsp3) is 0.222. The first kappa shape index (κ1) is 21.2. The zero-order chi connectivity index (χ0) is 17.4. The highest BCUT2D eigenvalue weighted by atomic mass is 127. The Morgan fingerprint density at radius 3 is 2.52 bits per heavy atom. The number of amides is 1. The molecular weight excluding hydrogens is 451 g/mol. The molecule has 0 saturated heterocycles. The third kappa shape index (κ3) is 7.31. The van der Waals surface area contributed by atoms with Gasteiger partial charge in [0.15, 0.2) is 5.96 Å². The second kappa shape index (κ2) is 10.9. The van der Waals surface area contributed by atoms with Crippen molar-refractivity contribution < 1.29 is 4.79 Å². The highest BCUT2D eigenvalue weighted by Crippen LogP contribution is 2.11. The molecule has 4 N–H and O–H groups in total. The summed E-state index contributed by atoms with van der Waals surface area (Å²) in [5, 5.41) is 7.13. The summed E-state index contributed by atoms with van der Waals surface area (Å²) in [7, 11) is 0. The van der Waals surface area contributed by atoms with E-state index in [9.17, 15) is 4.79 Å². The Bertz CT molecular complexity index is 737. The summed E-state index contributed by atoms with van der Waals surface area (Å²) in [6.45, 7) is 3.83. The quantitative estimate of drug-likeness (QED) is 0.343. The molecule has 0 spiro atoms. The number of benzene rings is 2. The van der Waals surface area contributed by atoms with Crippen LogP contribution >= 0.6 is 35.6 Å². The second-order valence-corrected chi connectivity index (χ2v) is 5.68. The molecule has 0 saturated carbocycles. The van der Waals surface area contributed by atoms with Crippen LogP contribution in [0.15, 0.2) is 53.5 Å². The van der Waals surface area contributed by atoms with Gasteiger partial charge in [-0.1, -0.05) is 35.9 Å². The molecule has 0 aliphatic heterocycles. The molecule has 2 aromatic carbocycles. The van der Waals surface area contributed by atoms with Gasteiger partial charge in [-0.05, 0) is 42.3 Å². The molecule has 2 rings (SSSR count). The minimum atomic E-state index is -0.432. The minimum Gasteiger partial charge on any atom is -0.366 e. The summed E-state index contributed by atoms with van der Waals surface area (Å²) in [6, 6.07) is 14.8. The summed E-state index contributed by atoms with van der Waals surface area (Å²) < 4.78 is 0. The number of hydrogen-bond donors (Lipinski definition) is 3. The van der Waals surface area contributed by atoms with Crippen molar-refractivity contribution in [2.45, 2.75) is 20.0 Å². The molecule has 0 atom stereocenters. The molecule has 1 amide bonds. The molecule has 134 valence electrons. The standard InChI is InChI=1S/C18H21ClN4O.HI/c1-2-21-18(23-12-14-6-4-8-16(19)10-14)22-11-13-5-3-7-15(9-13)17(20)24;/h3-10H,2,11-12H2,1H3,(H2,20,24)(H2,21,22,23);1H. The second-order valence-electron chi connectivity index (χ2n) is 5.24. The van der Waals surface area contributed by atoms with Crippen LogP contribution in [0.1, 0.15) is 28.4 Å². The Kier molecular flexibility index (Phi) is 9.30. The van der Waals surface area contributed by atoms with Crippen LogP contribution in [0.4, 0.5) is 0 Å². The van der Waals surface area contributed by atoms with Crippen LogP contribution < -0.4 is 16.4 Å². The summed E-state index contributed by atoms with van der Waals surface area (Å²) in [5.41, 5.74) is 7.80. The fourth-order valence-electron chi connectivity index (χ4n) is 2.17. The number of halogens is 2. The van der Waals surface area contributed by atoms with Crippen molar-refractivity contribution in [1.29, 1.82) is 0 Å². The van der Waals surface area contributed by atoms with Gasteiger partial charge in [-0.2, -0.15) is 0 Å². The zero-order valence-corrected chi connectivity index (χ0v) is 17.0. The van der Waals surface area contributed by atoms with E-state index < -0.39 is 5.91 Å². The van der Waals surface area contributed by atoms with E-state index in [1.54, 1.807) is 12.1 Å². The molecule has 0 aliphatic carbocycles. The first-order valence-electron chi connectivity index (χ1n) is 7.74. The molecule has 0 aliphatic rings. The van der Waals surface area contributed by atoms with Crippen molar-refractivity contribution in [3.05, 3.63) is 70.2 Å². The molecule has 5 nitrogen and oxygen atoms in total. The minimum absolute atomic E-state index is 0. The van der Waals surface area contributed by atoms with Crippen molar-refractivity contribution in [3.63, 3.8) is 0 Å². The Labute approximate surface area is 170 Å². The number of nitrogens with two attached hydrogens (primary N) is 1. The highest BCUT2D eigenvalue weighted by Gasteiger charge is 2.03. The maximum Gasteiger partial charge on any atom is 0.248 e. The molecule has 0 heterocycles. The average molecular weight is 473 g/mol. The van der Waals surface area contributed by atoms with Crippen molar-refractivity contribution in [2.75, 3.05) is 6.54 Å². The first-order chi connectivity index (χ1) is 11.6. The average Bonchev–Trinajstić information content (AvgIpc) is 2.57. The van der Waals surface area contributed by atoms with Gasteiger partial charge in [0.1, 0.15) is 0 Å². The summed E-state index contributed by atoms with van der Waals surface area (Å²) >= 11 is 5.99. The van der Waals surface area contributed by atoms with E-state index in [0.717, 1.165) is 17.7 Å². The van der Waals surface area contributed by atoms with Crippen molar-refractivity contribution in [2.24, 2.45) is 10.7 Å². The Morgan fingerprint density at radius 1 is 1.12 bits per heavy atom. The van der Waals surface area contributed by atoms with E-state index in [1.807, 2.05) is 43.3 Å². The van der Waals surface area contributed by atoms with Crippen molar-refractivity contribution in [1.82, 2.24) is 10.6 Å². The van der Waals surface area contributed by atoms with Crippen molar-refractivity contribution in [3.8, 4) is 0 Å². The summed E-state index contributed by atoms with van der Waals surface area (Å²) in [6.07, 6.45) is 0. The van der Waals surface area contributed by atoms with Gasteiger partial charge in [0.25, 0.3) is 0 Å². The first-order valence-corrected chi connectivity index (χ1v) is 8.11. The lowest BCUT2D eigenvalue weighted by Gasteiger charge is -2.12. The number of guanidine groups is 1. The lowest BCUT2D eigenvalue weighted by atomic mass is 10.1. The van der Waals surface area contributed by atoms with Crippen LogP contribution in [0.2, 0.25) is 5.02 Å². The predicted molar refractivity (Wildman–Crippen MR) is 113 cm³/mol. The molecule has 0 unspecified atom stereocenters. The van der Waals surface area contributed by atoms with Crippen LogP contribution in [0.3, 0.4) is 0 Å². The Hall–Kier alpha value is -1.80. The van der Waals surface area contributed by atoms with E-state index in [4.69, 9.17) is 17.3 Å². The third-order valence-electron chi connectivity index (χ3n) is 3.32. The SMILES string of the molecule is CCNC(=NCc1cccc(Cl)c1)NCc1cccc(C(N)=O)c1.I. The van der Waals surface area contributed by atoms with E-state index >= 15 is 0 Å². The van der Waals surface area contributed by atoms with Crippen LogP contribution in [0.25, 0.3) is 0 Å². The van der Waals surface area contributed by atoms with Gasteiger partial charge in [0, 0.05) is 23.7 Å². The van der Waals surface area contributed by atoms with Gasteiger partial charge >= 0.3 is 0 Å². The smallest absolute Gasteiger partial charge is 0.248 e. The molecule has 7 heteroatoms. The molecule has 0 aromatic heterocycles. The lowest BCUT2D eigenvalue weighted by molar-refractivity contribution is 0.1000. The Balaban J connectivity index is 0.00000312. The maximum atomic E-state index is 11.2. The van der Waals surface area contributed by atoms with Gasteiger partial charge in [-0.25, -0.2) is 4.99 Å². The number of primary amides is 1. The monoisotopic (exact) mass is 472 g/mol. The van der Waals surface area contributed by atoms with Gasteiger partial charge in [0.2, 0.25) is 5.91 Å². The molecule has 0 bridgehead atoms. The van der Waals surface area contributed by atoms with Gasteiger partial charge in [-0.15, -0.1) is 24.0 Å². The van der Waals surface area contributed by atoms with E-state index in [2.05, 4.69) is 15.6 Å².